The molecule has 0 aliphatic heterocycles. The molecule has 1 aliphatic carbocycles. The molecule has 0 saturated heterocycles. The van der Waals surface area contributed by atoms with Gasteiger partial charge in [0, 0.05) is 32.3 Å². The number of rotatable bonds is 4. The van der Waals surface area contributed by atoms with Gasteiger partial charge in [0.25, 0.3) is 0 Å². The molecule has 4 nitrogen and oxygen atoms in total. The number of aromatic nitrogens is 3. The molecule has 0 bridgehead atoms. The highest BCUT2D eigenvalue weighted by atomic mass is 79.9. The van der Waals surface area contributed by atoms with E-state index in [1.54, 1.807) is 0 Å². The molecule has 7 rings (SSSR count). The number of furan rings is 1. The maximum absolute atomic E-state index is 6.14. The van der Waals surface area contributed by atoms with E-state index in [0.717, 1.165) is 60.9 Å². The highest BCUT2D eigenvalue weighted by Crippen LogP contribution is 2.36. The average Bonchev–Trinajstić information content (AvgIpc) is 3.37. The van der Waals surface area contributed by atoms with Gasteiger partial charge in [-0.25, -0.2) is 15.0 Å². The molecule has 0 amide bonds. The molecule has 182 valence electrons. The molecule has 1 aliphatic rings. The first-order valence-corrected chi connectivity index (χ1v) is 13.4. The van der Waals surface area contributed by atoms with Crippen LogP contribution in [0.3, 0.4) is 0 Å². The van der Waals surface area contributed by atoms with Gasteiger partial charge in [-0.2, -0.15) is 0 Å². The van der Waals surface area contributed by atoms with E-state index < -0.39 is 0 Å². The summed E-state index contributed by atoms with van der Waals surface area (Å²) in [6, 6.07) is 30.9. The Morgan fingerprint density at radius 3 is 2.16 bits per heavy atom. The molecular weight excluding hydrogens is 534 g/mol. The second-order valence-electron chi connectivity index (χ2n) is 9.36. The van der Waals surface area contributed by atoms with Gasteiger partial charge in [0.2, 0.25) is 0 Å². The molecule has 0 N–H and O–H groups in total. The fraction of sp³-hybridized carbons (Fsp3) is 0.0606. The smallest absolute Gasteiger partial charge is 0.164 e. The van der Waals surface area contributed by atoms with Crippen molar-refractivity contribution in [2.45, 2.75) is 12.3 Å². The minimum atomic E-state index is 0.0998. The highest BCUT2D eigenvalue weighted by molar-refractivity contribution is 9.10. The van der Waals surface area contributed by atoms with Crippen molar-refractivity contribution >= 4 is 37.9 Å². The normalized spacial score (nSPS) is 14.9. The Balaban J connectivity index is 1.38. The summed E-state index contributed by atoms with van der Waals surface area (Å²) in [7, 11) is 0. The van der Waals surface area contributed by atoms with E-state index in [2.05, 4.69) is 101 Å². The van der Waals surface area contributed by atoms with Crippen molar-refractivity contribution in [3.63, 3.8) is 0 Å². The van der Waals surface area contributed by atoms with Crippen LogP contribution in [0.5, 0.6) is 0 Å². The summed E-state index contributed by atoms with van der Waals surface area (Å²) >= 11 is 3.51. The Hall–Kier alpha value is -4.35. The van der Waals surface area contributed by atoms with E-state index in [-0.39, 0.29) is 5.92 Å². The number of allylic oxidation sites excluding steroid dienone is 4. The van der Waals surface area contributed by atoms with Crippen LogP contribution in [-0.4, -0.2) is 15.0 Å². The van der Waals surface area contributed by atoms with Crippen molar-refractivity contribution in [1.82, 2.24) is 15.0 Å². The van der Waals surface area contributed by atoms with Crippen LogP contribution in [0.15, 0.2) is 124 Å². The zero-order chi connectivity index (χ0) is 25.5. The largest absolute Gasteiger partial charge is 0.456 e. The molecule has 2 aromatic heterocycles. The van der Waals surface area contributed by atoms with E-state index in [4.69, 9.17) is 19.4 Å². The molecular formula is C33H22BrN3O. The third kappa shape index (κ3) is 4.15. The van der Waals surface area contributed by atoms with E-state index in [9.17, 15) is 0 Å². The minimum Gasteiger partial charge on any atom is -0.456 e. The lowest BCUT2D eigenvalue weighted by atomic mass is 9.99. The summed E-state index contributed by atoms with van der Waals surface area (Å²) in [5.41, 5.74) is 5.88. The Kier molecular flexibility index (Phi) is 5.71. The number of halogens is 1. The van der Waals surface area contributed by atoms with E-state index in [1.807, 2.05) is 30.3 Å². The SMILES string of the molecule is Brc1ccc(-c2ccc(-c3nc(-c4cccc5oc6ccccc6c45)nc(C4C=CC=CC4)n3)cc2)cc1. The van der Waals surface area contributed by atoms with Gasteiger partial charge in [0.1, 0.15) is 17.0 Å². The third-order valence-electron chi connectivity index (χ3n) is 6.93. The van der Waals surface area contributed by atoms with Crippen molar-refractivity contribution in [3.05, 3.63) is 126 Å². The average molecular weight is 556 g/mol. The molecule has 0 fully saturated rings. The minimum absolute atomic E-state index is 0.0998. The lowest BCUT2D eigenvalue weighted by Gasteiger charge is -2.14. The molecule has 38 heavy (non-hydrogen) atoms. The van der Waals surface area contributed by atoms with Gasteiger partial charge in [0.05, 0.1) is 0 Å². The number of hydrogen-bond donors (Lipinski definition) is 0. The van der Waals surface area contributed by atoms with Crippen LogP contribution in [0, 0.1) is 0 Å². The highest BCUT2D eigenvalue weighted by Gasteiger charge is 2.20. The van der Waals surface area contributed by atoms with Crippen LogP contribution in [0.1, 0.15) is 18.2 Å². The van der Waals surface area contributed by atoms with Crippen LogP contribution >= 0.6 is 15.9 Å². The molecule has 1 atom stereocenters. The summed E-state index contributed by atoms with van der Waals surface area (Å²) in [5, 5.41) is 2.08. The topological polar surface area (TPSA) is 51.8 Å². The van der Waals surface area contributed by atoms with Crippen LogP contribution in [0.2, 0.25) is 0 Å². The van der Waals surface area contributed by atoms with Crippen LogP contribution in [-0.2, 0) is 0 Å². The summed E-state index contributed by atoms with van der Waals surface area (Å²) in [5.74, 6) is 2.19. The molecule has 0 saturated carbocycles. The van der Waals surface area contributed by atoms with Gasteiger partial charge in [0.15, 0.2) is 11.6 Å². The quantitative estimate of drug-likeness (QED) is 0.217. The zero-order valence-electron chi connectivity index (χ0n) is 20.4. The number of benzene rings is 4. The Labute approximate surface area is 228 Å². The summed E-state index contributed by atoms with van der Waals surface area (Å²) in [6.07, 6.45) is 9.31. The molecule has 6 aromatic rings. The van der Waals surface area contributed by atoms with Crippen molar-refractivity contribution in [1.29, 1.82) is 0 Å². The molecule has 5 heteroatoms. The van der Waals surface area contributed by atoms with Crippen molar-refractivity contribution < 1.29 is 4.42 Å². The van der Waals surface area contributed by atoms with Crippen LogP contribution in [0.4, 0.5) is 0 Å². The van der Waals surface area contributed by atoms with E-state index in [1.165, 1.54) is 0 Å². The predicted octanol–water partition coefficient (Wildman–Crippen LogP) is 9.13. The number of fused-ring (bicyclic) bond motifs is 3. The molecule has 0 radical (unpaired) electrons. The molecule has 1 unspecified atom stereocenters. The van der Waals surface area contributed by atoms with Crippen LogP contribution < -0.4 is 0 Å². The molecule has 2 heterocycles. The Morgan fingerprint density at radius 2 is 1.37 bits per heavy atom. The number of hydrogen-bond acceptors (Lipinski definition) is 4. The lowest BCUT2D eigenvalue weighted by Crippen LogP contribution is -2.08. The Bertz CT molecular complexity index is 1850. The first kappa shape index (κ1) is 22.8. The first-order chi connectivity index (χ1) is 18.7. The maximum Gasteiger partial charge on any atom is 0.164 e. The monoisotopic (exact) mass is 555 g/mol. The van der Waals surface area contributed by atoms with Crippen molar-refractivity contribution in [2.75, 3.05) is 0 Å². The van der Waals surface area contributed by atoms with Gasteiger partial charge in [-0.3, -0.25) is 0 Å². The summed E-state index contributed by atoms with van der Waals surface area (Å²) in [6.45, 7) is 0. The molecule has 0 spiro atoms. The second kappa shape index (κ2) is 9.51. The number of para-hydroxylation sites is 1. The standard InChI is InChI=1S/C33H22BrN3O/c34-25-19-17-22(18-20-25)21-13-15-24(16-14-21)32-35-31(23-7-2-1-3-8-23)36-33(37-32)27-10-6-12-29-30(27)26-9-4-5-11-28(26)38-29/h1-7,9-20,23H,8H2. The first-order valence-electron chi connectivity index (χ1n) is 12.6. The van der Waals surface area contributed by atoms with Crippen molar-refractivity contribution in [2.24, 2.45) is 0 Å². The van der Waals surface area contributed by atoms with Gasteiger partial charge in [-0.1, -0.05) is 107 Å². The Morgan fingerprint density at radius 1 is 0.658 bits per heavy atom. The van der Waals surface area contributed by atoms with Crippen molar-refractivity contribution in [3.8, 4) is 33.9 Å². The van der Waals surface area contributed by atoms with Gasteiger partial charge in [-0.05, 0) is 41.8 Å². The summed E-state index contributed by atoms with van der Waals surface area (Å²) in [4.78, 5) is 15.0. The third-order valence-corrected chi connectivity index (χ3v) is 7.46. The van der Waals surface area contributed by atoms with Crippen LogP contribution in [0.25, 0.3) is 55.8 Å². The number of nitrogens with zero attached hydrogens (tertiary/aromatic N) is 3. The lowest BCUT2D eigenvalue weighted by molar-refractivity contribution is 0.669. The molecule has 4 aromatic carbocycles. The van der Waals surface area contributed by atoms with Gasteiger partial charge in [-0.15, -0.1) is 0 Å². The maximum atomic E-state index is 6.14. The van der Waals surface area contributed by atoms with Gasteiger partial charge < -0.3 is 4.42 Å². The van der Waals surface area contributed by atoms with E-state index >= 15 is 0 Å². The predicted molar refractivity (Wildman–Crippen MR) is 157 cm³/mol. The summed E-state index contributed by atoms with van der Waals surface area (Å²) < 4.78 is 7.21. The zero-order valence-corrected chi connectivity index (χ0v) is 22.0. The second-order valence-corrected chi connectivity index (χ2v) is 10.3. The van der Waals surface area contributed by atoms with E-state index in [0.29, 0.717) is 11.6 Å². The van der Waals surface area contributed by atoms with Gasteiger partial charge >= 0.3 is 0 Å². The fourth-order valence-corrected chi connectivity index (χ4v) is 5.26. The fourth-order valence-electron chi connectivity index (χ4n) is 4.99.